The van der Waals surface area contributed by atoms with Crippen LogP contribution in [0.1, 0.15) is 23.3 Å². The number of amides is 1. The molecule has 1 aromatic heterocycles. The van der Waals surface area contributed by atoms with E-state index in [4.69, 9.17) is 5.11 Å². The lowest BCUT2D eigenvalue weighted by Gasteiger charge is -2.04. The fourth-order valence-electron chi connectivity index (χ4n) is 1.24. The van der Waals surface area contributed by atoms with Crippen LogP contribution in [0, 0.1) is 0 Å². The molecule has 0 unspecified atom stereocenters. The van der Waals surface area contributed by atoms with Crippen molar-refractivity contribution in [2.24, 2.45) is 0 Å². The van der Waals surface area contributed by atoms with Crippen LogP contribution < -0.4 is 10.6 Å². The first-order valence-electron chi connectivity index (χ1n) is 5.27. The zero-order chi connectivity index (χ0) is 12.7. The predicted octanol–water partition coefficient (Wildman–Crippen LogP) is 0.718. The number of carboxylic acids is 1. The van der Waals surface area contributed by atoms with Crippen LogP contribution in [-0.2, 0) is 4.79 Å². The molecule has 6 heteroatoms. The van der Waals surface area contributed by atoms with Crippen molar-refractivity contribution in [3.63, 3.8) is 0 Å². The Morgan fingerprint density at radius 3 is 2.71 bits per heavy atom. The molecule has 0 saturated carbocycles. The Balaban J connectivity index is 2.46. The summed E-state index contributed by atoms with van der Waals surface area (Å²) in [6.07, 6.45) is 2.50. The Morgan fingerprint density at radius 1 is 1.41 bits per heavy atom. The van der Waals surface area contributed by atoms with Crippen LogP contribution >= 0.6 is 0 Å². The Morgan fingerprint density at radius 2 is 2.18 bits per heavy atom. The number of rotatable bonds is 6. The zero-order valence-corrected chi connectivity index (χ0v) is 9.56. The summed E-state index contributed by atoms with van der Waals surface area (Å²) in [7, 11) is 1.83. The standard InChI is InChI=1S/C11H15N3O3/c1-12-6-2-3-10(15)14-8-4-5-9(11(16)17)13-7-8/h4-5,7,12H,2-3,6H2,1H3,(H,14,15)(H,16,17). The molecule has 1 rings (SSSR count). The van der Waals surface area contributed by atoms with Crippen molar-refractivity contribution < 1.29 is 14.7 Å². The summed E-state index contributed by atoms with van der Waals surface area (Å²) in [6.45, 7) is 0.781. The lowest BCUT2D eigenvalue weighted by Crippen LogP contribution is -2.15. The molecule has 0 aliphatic carbocycles. The molecule has 0 radical (unpaired) electrons. The summed E-state index contributed by atoms with van der Waals surface area (Å²) in [4.78, 5) is 25.7. The molecule has 1 aromatic rings. The molecule has 0 spiro atoms. The summed E-state index contributed by atoms with van der Waals surface area (Å²) in [5.41, 5.74) is 0.461. The number of carboxylic acid groups (broad SMARTS) is 1. The van der Waals surface area contributed by atoms with E-state index in [1.807, 2.05) is 7.05 Å². The molecule has 17 heavy (non-hydrogen) atoms. The van der Waals surface area contributed by atoms with E-state index in [-0.39, 0.29) is 11.6 Å². The third-order valence-electron chi connectivity index (χ3n) is 2.10. The first kappa shape index (κ1) is 13.1. The third-order valence-corrected chi connectivity index (χ3v) is 2.10. The monoisotopic (exact) mass is 237 g/mol. The highest BCUT2D eigenvalue weighted by molar-refractivity contribution is 5.91. The SMILES string of the molecule is CNCCCC(=O)Nc1ccc(C(=O)O)nc1. The van der Waals surface area contributed by atoms with E-state index in [2.05, 4.69) is 15.6 Å². The molecule has 0 aliphatic rings. The highest BCUT2D eigenvalue weighted by Crippen LogP contribution is 2.07. The Bertz CT molecular complexity index is 389. The van der Waals surface area contributed by atoms with Gasteiger partial charge in [0.1, 0.15) is 5.69 Å². The van der Waals surface area contributed by atoms with Gasteiger partial charge in [-0.3, -0.25) is 4.79 Å². The first-order chi connectivity index (χ1) is 8.13. The quantitative estimate of drug-likeness (QED) is 0.634. The molecular weight excluding hydrogens is 222 g/mol. The van der Waals surface area contributed by atoms with E-state index < -0.39 is 5.97 Å². The van der Waals surface area contributed by atoms with E-state index in [1.54, 1.807) is 0 Å². The molecule has 0 aliphatic heterocycles. The molecular formula is C11H15N3O3. The highest BCUT2D eigenvalue weighted by Gasteiger charge is 2.05. The van der Waals surface area contributed by atoms with Crippen molar-refractivity contribution >= 4 is 17.6 Å². The van der Waals surface area contributed by atoms with E-state index in [0.717, 1.165) is 13.0 Å². The minimum absolute atomic E-state index is 0.0434. The fraction of sp³-hybridized carbons (Fsp3) is 0.364. The number of hydrogen-bond acceptors (Lipinski definition) is 4. The predicted molar refractivity (Wildman–Crippen MR) is 63.0 cm³/mol. The maximum atomic E-state index is 11.4. The van der Waals surface area contributed by atoms with Gasteiger partial charge in [0.15, 0.2) is 0 Å². The second-order valence-corrected chi connectivity index (χ2v) is 3.49. The number of carbonyl (C=O) groups excluding carboxylic acids is 1. The van der Waals surface area contributed by atoms with E-state index >= 15 is 0 Å². The number of nitrogens with zero attached hydrogens (tertiary/aromatic N) is 1. The molecule has 6 nitrogen and oxygen atoms in total. The van der Waals surface area contributed by atoms with Crippen LogP contribution in [0.5, 0.6) is 0 Å². The number of anilines is 1. The van der Waals surface area contributed by atoms with Crippen LogP contribution in [0.25, 0.3) is 0 Å². The van der Waals surface area contributed by atoms with Crippen LogP contribution in [0.15, 0.2) is 18.3 Å². The van der Waals surface area contributed by atoms with Gasteiger partial charge >= 0.3 is 5.97 Å². The number of pyridine rings is 1. The lowest BCUT2D eigenvalue weighted by atomic mass is 10.3. The summed E-state index contributed by atoms with van der Waals surface area (Å²) in [5, 5.41) is 14.2. The van der Waals surface area contributed by atoms with E-state index in [9.17, 15) is 9.59 Å². The second-order valence-electron chi connectivity index (χ2n) is 3.49. The Hall–Kier alpha value is -1.95. The minimum Gasteiger partial charge on any atom is -0.477 e. The smallest absolute Gasteiger partial charge is 0.354 e. The number of hydrogen-bond donors (Lipinski definition) is 3. The molecule has 3 N–H and O–H groups in total. The first-order valence-corrected chi connectivity index (χ1v) is 5.27. The summed E-state index contributed by atoms with van der Waals surface area (Å²) in [6, 6.07) is 2.87. The van der Waals surface area contributed by atoms with Gasteiger partial charge in [-0.2, -0.15) is 0 Å². The molecule has 92 valence electrons. The largest absolute Gasteiger partial charge is 0.477 e. The topological polar surface area (TPSA) is 91.3 Å². The van der Waals surface area contributed by atoms with Crippen LogP contribution in [0.4, 0.5) is 5.69 Å². The van der Waals surface area contributed by atoms with Crippen molar-refractivity contribution in [2.45, 2.75) is 12.8 Å². The van der Waals surface area contributed by atoms with Gasteiger partial charge in [-0.15, -0.1) is 0 Å². The van der Waals surface area contributed by atoms with Gasteiger partial charge in [-0.05, 0) is 32.1 Å². The van der Waals surface area contributed by atoms with Crippen molar-refractivity contribution in [2.75, 3.05) is 18.9 Å². The number of aromatic nitrogens is 1. The average Bonchev–Trinajstić information content (AvgIpc) is 2.30. The molecule has 0 bridgehead atoms. The van der Waals surface area contributed by atoms with E-state index in [0.29, 0.717) is 12.1 Å². The van der Waals surface area contributed by atoms with Crippen molar-refractivity contribution in [1.82, 2.24) is 10.3 Å². The van der Waals surface area contributed by atoms with Crippen LogP contribution in [-0.4, -0.2) is 35.6 Å². The summed E-state index contributed by atoms with van der Waals surface area (Å²) >= 11 is 0. The van der Waals surface area contributed by atoms with Crippen LogP contribution in [0.2, 0.25) is 0 Å². The van der Waals surface area contributed by atoms with Crippen molar-refractivity contribution in [3.8, 4) is 0 Å². The number of carbonyl (C=O) groups is 2. The molecule has 1 amide bonds. The maximum Gasteiger partial charge on any atom is 0.354 e. The second kappa shape index (κ2) is 6.59. The fourth-order valence-corrected chi connectivity index (χ4v) is 1.24. The molecule has 0 aromatic carbocycles. The normalized spacial score (nSPS) is 9.94. The van der Waals surface area contributed by atoms with Gasteiger partial charge in [0.2, 0.25) is 5.91 Å². The van der Waals surface area contributed by atoms with Gasteiger partial charge in [0, 0.05) is 6.42 Å². The molecule has 0 saturated heterocycles. The minimum atomic E-state index is -1.09. The van der Waals surface area contributed by atoms with E-state index in [1.165, 1.54) is 18.3 Å². The Kier molecular flexibility index (Phi) is 5.09. The molecule has 1 heterocycles. The zero-order valence-electron chi connectivity index (χ0n) is 9.56. The number of aromatic carboxylic acids is 1. The molecule has 0 fully saturated rings. The summed E-state index contributed by atoms with van der Waals surface area (Å²) in [5.74, 6) is -1.19. The van der Waals surface area contributed by atoms with Crippen molar-refractivity contribution in [1.29, 1.82) is 0 Å². The molecule has 0 atom stereocenters. The van der Waals surface area contributed by atoms with Crippen LogP contribution in [0.3, 0.4) is 0 Å². The van der Waals surface area contributed by atoms with Gasteiger partial charge in [-0.1, -0.05) is 0 Å². The number of nitrogens with one attached hydrogen (secondary N) is 2. The Labute approximate surface area is 99.1 Å². The summed E-state index contributed by atoms with van der Waals surface area (Å²) < 4.78 is 0. The lowest BCUT2D eigenvalue weighted by molar-refractivity contribution is -0.116. The van der Waals surface area contributed by atoms with Gasteiger partial charge in [0.05, 0.1) is 11.9 Å². The average molecular weight is 237 g/mol. The maximum absolute atomic E-state index is 11.4. The van der Waals surface area contributed by atoms with Gasteiger partial charge in [-0.25, -0.2) is 9.78 Å². The van der Waals surface area contributed by atoms with Gasteiger partial charge < -0.3 is 15.7 Å². The van der Waals surface area contributed by atoms with Crippen molar-refractivity contribution in [3.05, 3.63) is 24.0 Å². The van der Waals surface area contributed by atoms with Gasteiger partial charge in [0.25, 0.3) is 0 Å². The highest BCUT2D eigenvalue weighted by atomic mass is 16.4. The third kappa shape index (κ3) is 4.60.